The highest BCUT2D eigenvalue weighted by Crippen LogP contribution is 2.42. The summed E-state index contributed by atoms with van der Waals surface area (Å²) in [7, 11) is 1.52. The van der Waals surface area contributed by atoms with E-state index in [1.54, 1.807) is 0 Å². The van der Waals surface area contributed by atoms with Gasteiger partial charge in [0, 0.05) is 19.1 Å². The molecule has 0 aromatic rings. The molecule has 0 aliphatic heterocycles. The molecule has 2 rings (SSSR count). The van der Waals surface area contributed by atoms with Gasteiger partial charge in [0.2, 0.25) is 0 Å². The molecule has 2 saturated carbocycles. The molecule has 1 atom stereocenters. The Morgan fingerprint density at radius 2 is 2.00 bits per heavy atom. The van der Waals surface area contributed by atoms with Gasteiger partial charge in [-0.1, -0.05) is 6.92 Å². The van der Waals surface area contributed by atoms with Gasteiger partial charge in [-0.15, -0.1) is 0 Å². The molecule has 21 heavy (non-hydrogen) atoms. The minimum absolute atomic E-state index is 0.0695. The third kappa shape index (κ3) is 4.19. The van der Waals surface area contributed by atoms with Crippen LogP contribution in [0.1, 0.15) is 52.9 Å². The fourth-order valence-corrected chi connectivity index (χ4v) is 3.15. The fraction of sp³-hybridized carbons (Fsp3) is 0.941. The van der Waals surface area contributed by atoms with Gasteiger partial charge in [-0.2, -0.15) is 0 Å². The van der Waals surface area contributed by atoms with Gasteiger partial charge in [-0.3, -0.25) is 4.90 Å². The second-order valence-corrected chi connectivity index (χ2v) is 7.13. The summed E-state index contributed by atoms with van der Waals surface area (Å²) in [6.45, 7) is 9.40. The molecule has 0 aromatic heterocycles. The number of methoxy groups -OCH3 is 1. The lowest BCUT2D eigenvalue weighted by atomic mass is 9.91. The van der Waals surface area contributed by atoms with E-state index in [4.69, 9.17) is 4.74 Å². The molecule has 0 bridgehead atoms. The normalized spacial score (nSPS) is 21.6. The van der Waals surface area contributed by atoms with Crippen LogP contribution in [0.3, 0.4) is 0 Å². The quantitative estimate of drug-likeness (QED) is 0.629. The summed E-state index contributed by atoms with van der Waals surface area (Å²) in [4.78, 5) is 15.1. The number of nitrogens with zero attached hydrogens (tertiary/aromatic N) is 1. The van der Waals surface area contributed by atoms with E-state index >= 15 is 0 Å². The van der Waals surface area contributed by atoms with E-state index < -0.39 is 5.54 Å². The van der Waals surface area contributed by atoms with Crippen molar-refractivity contribution in [2.75, 3.05) is 26.7 Å². The van der Waals surface area contributed by atoms with Crippen molar-refractivity contribution in [1.29, 1.82) is 0 Å². The van der Waals surface area contributed by atoms with Gasteiger partial charge in [0.1, 0.15) is 5.54 Å². The molecule has 0 spiro atoms. The van der Waals surface area contributed by atoms with Gasteiger partial charge in [-0.05, 0) is 64.3 Å². The van der Waals surface area contributed by atoms with E-state index in [-0.39, 0.29) is 5.97 Å². The molecule has 2 aliphatic rings. The summed E-state index contributed by atoms with van der Waals surface area (Å²) in [5, 5.41) is 3.56. The Hall–Kier alpha value is -0.610. The largest absolute Gasteiger partial charge is 0.468 e. The average Bonchev–Trinajstić information content (AvgIpc) is 3.33. The van der Waals surface area contributed by atoms with Crippen LogP contribution >= 0.6 is 0 Å². The zero-order chi connectivity index (χ0) is 15.5. The summed E-state index contributed by atoms with van der Waals surface area (Å²) >= 11 is 0. The maximum atomic E-state index is 12.6. The summed E-state index contributed by atoms with van der Waals surface area (Å²) < 4.78 is 5.19. The number of ether oxygens (including phenoxy) is 1. The van der Waals surface area contributed by atoms with Crippen molar-refractivity contribution in [2.45, 2.75) is 64.5 Å². The van der Waals surface area contributed by atoms with E-state index in [0.717, 1.165) is 44.8 Å². The van der Waals surface area contributed by atoms with Gasteiger partial charge >= 0.3 is 5.97 Å². The molecule has 4 nitrogen and oxygen atoms in total. The van der Waals surface area contributed by atoms with Crippen molar-refractivity contribution in [1.82, 2.24) is 10.2 Å². The molecule has 1 N–H and O–H groups in total. The monoisotopic (exact) mass is 296 g/mol. The highest BCUT2D eigenvalue weighted by molar-refractivity contribution is 5.82. The van der Waals surface area contributed by atoms with Crippen molar-refractivity contribution >= 4 is 5.97 Å². The van der Waals surface area contributed by atoms with E-state index in [9.17, 15) is 4.79 Å². The number of hydrogen-bond acceptors (Lipinski definition) is 4. The average molecular weight is 296 g/mol. The lowest BCUT2D eigenvalue weighted by Crippen LogP contribution is -2.62. The highest BCUT2D eigenvalue weighted by Gasteiger charge is 2.52. The van der Waals surface area contributed by atoms with Crippen LogP contribution in [0.4, 0.5) is 0 Å². The number of rotatable bonds is 10. The predicted molar refractivity (Wildman–Crippen MR) is 85.2 cm³/mol. The predicted octanol–water partition coefficient (Wildman–Crippen LogP) is 2.43. The molecule has 0 radical (unpaired) electrons. The zero-order valence-electron chi connectivity index (χ0n) is 14.2. The summed E-state index contributed by atoms with van der Waals surface area (Å²) in [6, 6.07) is 0.469. The first-order valence-electron chi connectivity index (χ1n) is 8.61. The smallest absolute Gasteiger partial charge is 0.327 e. The summed E-state index contributed by atoms with van der Waals surface area (Å²) in [6.07, 6.45) is 6.01. The SMILES string of the molecule is CCCNC(CN(CC1CC1)C(C)C)(C(=O)OC)C1CC1. The highest BCUT2D eigenvalue weighted by atomic mass is 16.5. The van der Waals surface area contributed by atoms with Crippen LogP contribution in [-0.2, 0) is 9.53 Å². The van der Waals surface area contributed by atoms with E-state index in [2.05, 4.69) is 31.0 Å². The van der Waals surface area contributed by atoms with Gasteiger partial charge in [-0.25, -0.2) is 4.79 Å². The minimum Gasteiger partial charge on any atom is -0.468 e. The van der Waals surface area contributed by atoms with Crippen molar-refractivity contribution in [2.24, 2.45) is 11.8 Å². The van der Waals surface area contributed by atoms with Crippen molar-refractivity contribution in [3.05, 3.63) is 0 Å². The maximum absolute atomic E-state index is 12.6. The van der Waals surface area contributed by atoms with Crippen molar-refractivity contribution < 1.29 is 9.53 Å². The van der Waals surface area contributed by atoms with Crippen LogP contribution in [-0.4, -0.2) is 49.2 Å². The Labute approximate surface area is 129 Å². The van der Waals surface area contributed by atoms with Gasteiger partial charge < -0.3 is 10.1 Å². The number of hydrogen-bond donors (Lipinski definition) is 1. The molecule has 2 aliphatic carbocycles. The van der Waals surface area contributed by atoms with Gasteiger partial charge in [0.25, 0.3) is 0 Å². The van der Waals surface area contributed by atoms with E-state index in [1.165, 1.54) is 20.0 Å². The second kappa shape index (κ2) is 7.10. The molecule has 1 unspecified atom stereocenters. The first-order valence-corrected chi connectivity index (χ1v) is 8.61. The Kier molecular flexibility index (Phi) is 5.67. The van der Waals surface area contributed by atoms with Gasteiger partial charge in [0.05, 0.1) is 7.11 Å². The zero-order valence-corrected chi connectivity index (χ0v) is 14.2. The Bertz CT molecular complexity index is 351. The molecule has 0 saturated heterocycles. The maximum Gasteiger partial charge on any atom is 0.327 e. The van der Waals surface area contributed by atoms with Crippen molar-refractivity contribution in [3.63, 3.8) is 0 Å². The molecule has 4 heteroatoms. The second-order valence-electron chi connectivity index (χ2n) is 7.13. The molecule has 0 aromatic carbocycles. The topological polar surface area (TPSA) is 41.6 Å². The Morgan fingerprint density at radius 1 is 1.33 bits per heavy atom. The van der Waals surface area contributed by atoms with Crippen LogP contribution in [0.15, 0.2) is 0 Å². The van der Waals surface area contributed by atoms with Crippen LogP contribution in [0.25, 0.3) is 0 Å². The fourth-order valence-electron chi connectivity index (χ4n) is 3.15. The van der Waals surface area contributed by atoms with Crippen LogP contribution in [0.5, 0.6) is 0 Å². The van der Waals surface area contributed by atoms with Crippen molar-refractivity contribution in [3.8, 4) is 0 Å². The van der Waals surface area contributed by atoms with Gasteiger partial charge in [0.15, 0.2) is 0 Å². The Morgan fingerprint density at radius 3 is 2.43 bits per heavy atom. The minimum atomic E-state index is -0.496. The van der Waals surface area contributed by atoms with E-state index in [1.807, 2.05) is 0 Å². The molecule has 0 amide bonds. The van der Waals surface area contributed by atoms with Crippen LogP contribution in [0, 0.1) is 11.8 Å². The standard InChI is InChI=1S/C17H32N2O2/c1-5-10-18-17(15-8-9-15,16(20)21-4)12-19(13(2)3)11-14-6-7-14/h13-15,18H,5-12H2,1-4H3. The first kappa shape index (κ1) is 16.8. The molecular formula is C17H32N2O2. The third-order valence-corrected chi connectivity index (χ3v) is 4.89. The Balaban J connectivity index is 2.12. The molecule has 122 valence electrons. The third-order valence-electron chi connectivity index (χ3n) is 4.89. The first-order chi connectivity index (χ1) is 10.0. The lowest BCUT2D eigenvalue weighted by molar-refractivity contribution is -0.151. The van der Waals surface area contributed by atoms with E-state index in [0.29, 0.717) is 12.0 Å². The number of carbonyl (C=O) groups is 1. The molecule has 2 fully saturated rings. The number of nitrogens with one attached hydrogen (secondary N) is 1. The summed E-state index contributed by atoms with van der Waals surface area (Å²) in [5.74, 6) is 1.21. The van der Waals surface area contributed by atoms with Crippen LogP contribution in [0.2, 0.25) is 0 Å². The van der Waals surface area contributed by atoms with Crippen LogP contribution < -0.4 is 5.32 Å². The number of esters is 1. The summed E-state index contributed by atoms with van der Waals surface area (Å²) in [5.41, 5.74) is -0.496. The lowest BCUT2D eigenvalue weighted by Gasteiger charge is -2.39. The molecular weight excluding hydrogens is 264 g/mol. The molecule has 0 heterocycles. The number of carbonyl (C=O) groups excluding carboxylic acids is 1.